The fraction of sp³-hybridized carbons (Fsp3) is 0.286. The second-order valence-electron chi connectivity index (χ2n) is 4.42. The van der Waals surface area contributed by atoms with Gasteiger partial charge in [-0.25, -0.2) is 9.37 Å². The molecule has 0 aliphatic heterocycles. The molecule has 1 heterocycles. The number of carbonyl (C=O) groups excluding carboxylic acids is 1. The molecule has 0 saturated carbocycles. The van der Waals surface area contributed by atoms with Crippen LogP contribution in [-0.2, 0) is 13.0 Å². The standard InChI is InChI=1S/C14H16FN3OS/c1-18(8-10-4-2-3-5-11(10)15)14(19)12-9-20-13(17-12)6-7-16/h2-5,9H,6-8,16H2,1H3. The lowest BCUT2D eigenvalue weighted by molar-refractivity contribution is 0.0778. The molecule has 4 nitrogen and oxygen atoms in total. The molecule has 20 heavy (non-hydrogen) atoms. The van der Waals surface area contributed by atoms with Gasteiger partial charge >= 0.3 is 0 Å². The maximum absolute atomic E-state index is 13.6. The normalized spacial score (nSPS) is 10.6. The number of nitrogens with two attached hydrogens (primary N) is 1. The zero-order valence-corrected chi connectivity index (χ0v) is 12.0. The Morgan fingerprint density at radius 1 is 1.45 bits per heavy atom. The van der Waals surface area contributed by atoms with Crippen LogP contribution in [0.5, 0.6) is 0 Å². The van der Waals surface area contributed by atoms with Gasteiger partial charge < -0.3 is 10.6 Å². The molecular formula is C14H16FN3OS. The van der Waals surface area contributed by atoms with Crippen molar-refractivity contribution in [1.82, 2.24) is 9.88 Å². The molecule has 1 amide bonds. The lowest BCUT2D eigenvalue weighted by atomic mass is 10.2. The third kappa shape index (κ3) is 3.40. The summed E-state index contributed by atoms with van der Waals surface area (Å²) in [6.07, 6.45) is 0.662. The van der Waals surface area contributed by atoms with Crippen LogP contribution in [0.15, 0.2) is 29.6 Å². The Balaban J connectivity index is 2.06. The highest BCUT2D eigenvalue weighted by Gasteiger charge is 2.16. The average Bonchev–Trinajstić information content (AvgIpc) is 2.89. The van der Waals surface area contributed by atoms with Crippen LogP contribution >= 0.6 is 11.3 Å². The van der Waals surface area contributed by atoms with E-state index in [4.69, 9.17) is 5.73 Å². The monoisotopic (exact) mass is 293 g/mol. The second-order valence-corrected chi connectivity index (χ2v) is 5.36. The number of benzene rings is 1. The van der Waals surface area contributed by atoms with Crippen LogP contribution in [0.1, 0.15) is 21.1 Å². The molecule has 2 aromatic rings. The molecule has 1 aromatic heterocycles. The van der Waals surface area contributed by atoms with Crippen molar-refractivity contribution in [2.45, 2.75) is 13.0 Å². The Morgan fingerprint density at radius 3 is 2.90 bits per heavy atom. The Morgan fingerprint density at radius 2 is 2.20 bits per heavy atom. The lowest BCUT2D eigenvalue weighted by Gasteiger charge is -2.16. The molecule has 2 rings (SSSR count). The Labute approximate surface area is 121 Å². The zero-order chi connectivity index (χ0) is 14.5. The van der Waals surface area contributed by atoms with Gasteiger partial charge in [0.25, 0.3) is 5.91 Å². The first-order chi connectivity index (χ1) is 9.61. The number of aromatic nitrogens is 1. The van der Waals surface area contributed by atoms with Crippen molar-refractivity contribution < 1.29 is 9.18 Å². The first-order valence-electron chi connectivity index (χ1n) is 6.25. The summed E-state index contributed by atoms with van der Waals surface area (Å²) < 4.78 is 13.6. The van der Waals surface area contributed by atoms with Crippen LogP contribution in [-0.4, -0.2) is 29.4 Å². The fourth-order valence-electron chi connectivity index (χ4n) is 1.80. The smallest absolute Gasteiger partial charge is 0.273 e. The summed E-state index contributed by atoms with van der Waals surface area (Å²) in [6, 6.07) is 6.43. The molecule has 0 aliphatic carbocycles. The van der Waals surface area contributed by atoms with Crippen molar-refractivity contribution in [2.24, 2.45) is 5.73 Å². The number of hydrogen-bond donors (Lipinski definition) is 1. The van der Waals surface area contributed by atoms with Gasteiger partial charge in [-0.15, -0.1) is 11.3 Å². The van der Waals surface area contributed by atoms with Gasteiger partial charge in [0.1, 0.15) is 11.5 Å². The van der Waals surface area contributed by atoms with E-state index in [0.29, 0.717) is 24.2 Å². The molecule has 0 atom stereocenters. The van der Waals surface area contributed by atoms with Crippen molar-refractivity contribution in [2.75, 3.05) is 13.6 Å². The Kier molecular flexibility index (Phi) is 4.81. The predicted molar refractivity (Wildman–Crippen MR) is 77.1 cm³/mol. The van der Waals surface area contributed by atoms with Gasteiger partial charge in [0.05, 0.1) is 5.01 Å². The summed E-state index contributed by atoms with van der Waals surface area (Å²) >= 11 is 1.42. The lowest BCUT2D eigenvalue weighted by Crippen LogP contribution is -2.27. The van der Waals surface area contributed by atoms with Crippen LogP contribution in [0.2, 0.25) is 0 Å². The van der Waals surface area contributed by atoms with Crippen LogP contribution < -0.4 is 5.73 Å². The van der Waals surface area contributed by atoms with E-state index in [1.807, 2.05) is 0 Å². The maximum atomic E-state index is 13.6. The van der Waals surface area contributed by atoms with E-state index in [2.05, 4.69) is 4.98 Å². The van der Waals surface area contributed by atoms with Crippen molar-refractivity contribution in [3.05, 3.63) is 51.7 Å². The van der Waals surface area contributed by atoms with Gasteiger partial charge in [-0.05, 0) is 12.6 Å². The minimum Gasteiger partial charge on any atom is -0.336 e. The fourth-order valence-corrected chi connectivity index (χ4v) is 2.58. The molecule has 6 heteroatoms. The van der Waals surface area contributed by atoms with Crippen molar-refractivity contribution in [1.29, 1.82) is 0 Å². The van der Waals surface area contributed by atoms with Crippen LogP contribution in [0.3, 0.4) is 0 Å². The van der Waals surface area contributed by atoms with Crippen molar-refractivity contribution in [3.63, 3.8) is 0 Å². The predicted octanol–water partition coefficient (Wildman–Crippen LogP) is 2.06. The molecule has 0 fully saturated rings. The molecule has 0 spiro atoms. The molecule has 0 unspecified atom stereocenters. The number of carbonyl (C=O) groups is 1. The zero-order valence-electron chi connectivity index (χ0n) is 11.2. The molecule has 0 aliphatic rings. The molecule has 0 radical (unpaired) electrons. The number of amides is 1. The van der Waals surface area contributed by atoms with Gasteiger partial charge in [0.15, 0.2) is 0 Å². The van der Waals surface area contributed by atoms with E-state index in [-0.39, 0.29) is 18.3 Å². The molecule has 0 saturated heterocycles. The number of hydrogen-bond acceptors (Lipinski definition) is 4. The number of rotatable bonds is 5. The van der Waals surface area contributed by atoms with Crippen LogP contribution in [0.4, 0.5) is 4.39 Å². The highest BCUT2D eigenvalue weighted by Crippen LogP contribution is 2.14. The Hall–Kier alpha value is -1.79. The van der Waals surface area contributed by atoms with Crippen molar-refractivity contribution >= 4 is 17.2 Å². The third-order valence-electron chi connectivity index (χ3n) is 2.84. The van der Waals surface area contributed by atoms with Gasteiger partial charge in [-0.1, -0.05) is 18.2 Å². The van der Waals surface area contributed by atoms with E-state index >= 15 is 0 Å². The second kappa shape index (κ2) is 6.58. The number of thiazole rings is 1. The number of nitrogens with zero attached hydrogens (tertiary/aromatic N) is 2. The van der Waals surface area contributed by atoms with E-state index in [1.54, 1.807) is 30.6 Å². The third-order valence-corrected chi connectivity index (χ3v) is 3.75. The van der Waals surface area contributed by atoms with Gasteiger partial charge in [0, 0.05) is 31.0 Å². The molecular weight excluding hydrogens is 277 g/mol. The van der Waals surface area contributed by atoms with Gasteiger partial charge in [-0.2, -0.15) is 0 Å². The molecule has 1 aromatic carbocycles. The maximum Gasteiger partial charge on any atom is 0.273 e. The van der Waals surface area contributed by atoms with E-state index in [1.165, 1.54) is 22.3 Å². The topological polar surface area (TPSA) is 59.2 Å². The number of halogens is 1. The summed E-state index contributed by atoms with van der Waals surface area (Å²) in [5, 5.41) is 2.56. The molecule has 106 valence electrons. The first kappa shape index (κ1) is 14.6. The molecule has 2 N–H and O–H groups in total. The Bertz CT molecular complexity index is 600. The van der Waals surface area contributed by atoms with E-state index < -0.39 is 0 Å². The first-order valence-corrected chi connectivity index (χ1v) is 7.13. The van der Waals surface area contributed by atoms with Crippen LogP contribution in [0.25, 0.3) is 0 Å². The van der Waals surface area contributed by atoms with Crippen molar-refractivity contribution in [3.8, 4) is 0 Å². The summed E-state index contributed by atoms with van der Waals surface area (Å²) in [5.41, 5.74) is 6.33. The summed E-state index contributed by atoms with van der Waals surface area (Å²) in [4.78, 5) is 17.9. The highest BCUT2D eigenvalue weighted by atomic mass is 32.1. The van der Waals surface area contributed by atoms with E-state index in [0.717, 1.165) is 5.01 Å². The largest absolute Gasteiger partial charge is 0.336 e. The summed E-state index contributed by atoms with van der Waals surface area (Å²) in [7, 11) is 1.64. The summed E-state index contributed by atoms with van der Waals surface area (Å²) in [6.45, 7) is 0.724. The van der Waals surface area contributed by atoms with Gasteiger partial charge in [-0.3, -0.25) is 4.79 Å². The minimum absolute atomic E-state index is 0.215. The molecule has 0 bridgehead atoms. The highest BCUT2D eigenvalue weighted by molar-refractivity contribution is 7.09. The van der Waals surface area contributed by atoms with Gasteiger partial charge in [0.2, 0.25) is 0 Å². The minimum atomic E-state index is -0.311. The summed E-state index contributed by atoms with van der Waals surface area (Å²) in [5.74, 6) is -0.526. The van der Waals surface area contributed by atoms with Crippen LogP contribution in [0, 0.1) is 5.82 Å². The average molecular weight is 293 g/mol. The quantitative estimate of drug-likeness (QED) is 0.918. The van der Waals surface area contributed by atoms with E-state index in [9.17, 15) is 9.18 Å². The SMILES string of the molecule is CN(Cc1ccccc1F)C(=O)c1csc(CCN)n1.